The van der Waals surface area contributed by atoms with E-state index >= 15 is 0 Å². The van der Waals surface area contributed by atoms with Crippen LogP contribution in [0.5, 0.6) is 0 Å². The highest BCUT2D eigenvalue weighted by Gasteiger charge is 2.18. The third-order valence-corrected chi connectivity index (χ3v) is 4.99. The molecule has 4 bridgehead atoms. The van der Waals surface area contributed by atoms with E-state index in [1.54, 1.807) is 0 Å². The first-order chi connectivity index (χ1) is 13.0. The average Bonchev–Trinajstić information content (AvgIpc) is 2.68. The number of nitro groups is 1. The van der Waals surface area contributed by atoms with Crippen LogP contribution in [0.4, 0.5) is 5.69 Å². The second-order valence-corrected chi connectivity index (χ2v) is 7.32. The van der Waals surface area contributed by atoms with Gasteiger partial charge in [-0.25, -0.2) is 0 Å². The van der Waals surface area contributed by atoms with Crippen molar-refractivity contribution in [3.8, 4) is 0 Å². The van der Waals surface area contributed by atoms with Crippen LogP contribution in [0, 0.1) is 10.1 Å². The average molecular weight is 407 g/mol. The highest BCUT2D eigenvalue weighted by molar-refractivity contribution is 7.99. The third-order valence-electron chi connectivity index (χ3n) is 3.33. The van der Waals surface area contributed by atoms with E-state index in [9.17, 15) is 19.7 Å². The highest BCUT2D eigenvalue weighted by Crippen LogP contribution is 2.18. The number of nitrogens with one attached hydrogen (secondary N) is 2. The summed E-state index contributed by atoms with van der Waals surface area (Å²) in [5.74, 6) is -0.102. The van der Waals surface area contributed by atoms with Gasteiger partial charge in [0.15, 0.2) is 0 Å². The quantitative estimate of drug-likeness (QED) is 0.505. The number of benzene rings is 1. The van der Waals surface area contributed by atoms with E-state index in [1.807, 2.05) is 0 Å². The lowest BCUT2D eigenvalue weighted by atomic mass is 10.1. The lowest BCUT2D eigenvalue weighted by Gasteiger charge is -2.08. The number of nitro benzene ring substituents is 1. The van der Waals surface area contributed by atoms with Crippen molar-refractivity contribution in [2.75, 3.05) is 24.6 Å². The Labute approximate surface area is 161 Å². The lowest BCUT2D eigenvalue weighted by Crippen LogP contribution is -2.28. The van der Waals surface area contributed by atoms with E-state index in [-0.39, 0.29) is 29.9 Å². The molecule has 0 radical (unpaired) electrons. The minimum atomic E-state index is -0.640. The molecule has 2 N–H and O–H groups in total. The van der Waals surface area contributed by atoms with Crippen molar-refractivity contribution in [3.63, 3.8) is 0 Å². The standard InChI is InChI=1S/C14H13N7O4S2/c22-11-8-5-9(7-10(6-8)21(24)25)12(23)16-2-4-27-14-19-17-13(18-20-14)26-3-1-15-11/h5-7H,1-4H2,(H,15,22)(H,16,23). The fourth-order valence-electron chi connectivity index (χ4n) is 2.12. The summed E-state index contributed by atoms with van der Waals surface area (Å²) in [4.78, 5) is 35.1. The summed E-state index contributed by atoms with van der Waals surface area (Å²) < 4.78 is 0. The van der Waals surface area contributed by atoms with E-state index in [0.717, 1.165) is 12.1 Å². The Hall–Kier alpha value is -2.80. The van der Waals surface area contributed by atoms with Gasteiger partial charge in [0.05, 0.1) is 4.92 Å². The monoisotopic (exact) mass is 407 g/mol. The maximum Gasteiger partial charge on any atom is 0.271 e. The van der Waals surface area contributed by atoms with Crippen molar-refractivity contribution in [2.24, 2.45) is 0 Å². The van der Waals surface area contributed by atoms with Gasteiger partial charge in [0, 0.05) is 47.9 Å². The first-order valence-electron chi connectivity index (χ1n) is 7.72. The summed E-state index contributed by atoms with van der Waals surface area (Å²) in [7, 11) is 0. The van der Waals surface area contributed by atoms with Gasteiger partial charge in [-0.1, -0.05) is 23.5 Å². The number of carbonyl (C=O) groups is 2. The van der Waals surface area contributed by atoms with Gasteiger partial charge in [-0.3, -0.25) is 19.7 Å². The molecule has 3 heterocycles. The number of fused-ring (bicyclic) bond motifs is 10. The van der Waals surface area contributed by atoms with Crippen molar-refractivity contribution in [2.45, 2.75) is 10.3 Å². The summed E-state index contributed by atoms with van der Waals surface area (Å²) in [5.41, 5.74) is -0.239. The van der Waals surface area contributed by atoms with Crippen LogP contribution in [-0.2, 0) is 0 Å². The molecule has 0 saturated carbocycles. The summed E-state index contributed by atoms with van der Waals surface area (Å²) in [5, 5.41) is 32.9. The van der Waals surface area contributed by atoms with Gasteiger partial charge in [0.25, 0.3) is 17.5 Å². The molecule has 0 fully saturated rings. The SMILES string of the molecule is O=C1NCCSc2nnc(nn2)SCCNC(=O)c2cc1cc([N+](=O)[O-])c2. The molecule has 0 unspecified atom stereocenters. The van der Waals surface area contributed by atoms with Crippen molar-refractivity contribution in [3.05, 3.63) is 39.4 Å². The summed E-state index contributed by atoms with van der Waals surface area (Å²) in [6.45, 7) is 0.543. The molecule has 2 aliphatic rings. The van der Waals surface area contributed by atoms with Gasteiger partial charge in [-0.2, -0.15) is 0 Å². The third kappa shape index (κ3) is 5.10. The van der Waals surface area contributed by atoms with Crippen LogP contribution in [-0.4, -0.2) is 61.7 Å². The van der Waals surface area contributed by atoms with Gasteiger partial charge in [0.2, 0.25) is 10.3 Å². The van der Waals surface area contributed by atoms with Crippen molar-refractivity contribution < 1.29 is 14.5 Å². The fraction of sp³-hybridized carbons (Fsp3) is 0.286. The van der Waals surface area contributed by atoms with Crippen molar-refractivity contribution in [1.29, 1.82) is 0 Å². The minimum absolute atomic E-state index is 0.0431. The van der Waals surface area contributed by atoms with Crippen LogP contribution in [0.25, 0.3) is 0 Å². The van der Waals surface area contributed by atoms with Crippen molar-refractivity contribution in [1.82, 2.24) is 31.0 Å². The van der Waals surface area contributed by atoms with E-state index in [4.69, 9.17) is 0 Å². The van der Waals surface area contributed by atoms with Crippen LogP contribution in [0.1, 0.15) is 20.7 Å². The molecular weight excluding hydrogens is 394 g/mol. The zero-order chi connectivity index (χ0) is 19.2. The Morgan fingerprint density at radius 3 is 1.70 bits per heavy atom. The van der Waals surface area contributed by atoms with E-state index in [2.05, 4.69) is 31.0 Å². The van der Waals surface area contributed by atoms with Crippen LogP contribution < -0.4 is 10.6 Å². The number of rotatable bonds is 1. The number of thioether (sulfide) groups is 2. The summed E-state index contributed by atoms with van der Waals surface area (Å²) in [6, 6.07) is 3.61. The molecule has 1 aromatic heterocycles. The minimum Gasteiger partial charge on any atom is -0.351 e. The molecule has 0 atom stereocenters. The molecule has 11 nitrogen and oxygen atoms in total. The van der Waals surface area contributed by atoms with Crippen LogP contribution >= 0.6 is 23.5 Å². The second kappa shape index (κ2) is 8.73. The topological polar surface area (TPSA) is 153 Å². The maximum atomic E-state index is 12.3. The molecule has 140 valence electrons. The molecule has 2 aromatic rings. The first-order valence-corrected chi connectivity index (χ1v) is 9.69. The molecule has 2 amide bonds. The Bertz CT molecular complexity index is 817. The Balaban J connectivity index is 1.85. The number of amides is 2. The summed E-state index contributed by atoms with van der Waals surface area (Å²) in [6.07, 6.45) is 0. The van der Waals surface area contributed by atoms with Gasteiger partial charge in [-0.05, 0) is 6.07 Å². The highest BCUT2D eigenvalue weighted by atomic mass is 32.2. The van der Waals surface area contributed by atoms with Gasteiger partial charge < -0.3 is 10.6 Å². The Morgan fingerprint density at radius 2 is 1.30 bits per heavy atom. The molecule has 27 heavy (non-hydrogen) atoms. The second-order valence-electron chi connectivity index (χ2n) is 5.20. The molecule has 1 aromatic carbocycles. The summed E-state index contributed by atoms with van der Waals surface area (Å²) >= 11 is 2.54. The largest absolute Gasteiger partial charge is 0.351 e. The molecule has 13 heteroatoms. The molecule has 4 rings (SSSR count). The van der Waals surface area contributed by atoms with Gasteiger partial charge in [-0.15, -0.1) is 20.4 Å². The molecular formula is C14H13N7O4S2. The maximum absolute atomic E-state index is 12.3. The van der Waals surface area contributed by atoms with Crippen molar-refractivity contribution >= 4 is 41.0 Å². The van der Waals surface area contributed by atoms with Gasteiger partial charge >= 0.3 is 0 Å². The zero-order valence-electron chi connectivity index (χ0n) is 13.7. The van der Waals surface area contributed by atoms with E-state index in [0.29, 0.717) is 21.8 Å². The number of aromatic nitrogens is 4. The Morgan fingerprint density at radius 1 is 0.852 bits per heavy atom. The lowest BCUT2D eigenvalue weighted by molar-refractivity contribution is -0.384. The van der Waals surface area contributed by atoms with Crippen LogP contribution in [0.3, 0.4) is 0 Å². The number of carbonyl (C=O) groups excluding carboxylic acids is 2. The number of non-ortho nitro benzene ring substituents is 1. The van der Waals surface area contributed by atoms with Crippen LogP contribution in [0.2, 0.25) is 0 Å². The van der Waals surface area contributed by atoms with E-state index < -0.39 is 16.7 Å². The fourth-order valence-corrected chi connectivity index (χ4v) is 3.29. The zero-order valence-corrected chi connectivity index (χ0v) is 15.4. The number of hydrogen-bond acceptors (Lipinski definition) is 10. The molecule has 0 aliphatic carbocycles. The molecule has 0 saturated heterocycles. The first kappa shape index (κ1) is 19.0. The molecule has 2 aliphatic heterocycles. The smallest absolute Gasteiger partial charge is 0.271 e. The predicted molar refractivity (Wildman–Crippen MR) is 96.8 cm³/mol. The Kier molecular flexibility index (Phi) is 6.13. The normalized spacial score (nSPS) is 15.6. The predicted octanol–water partition coefficient (Wildman–Crippen LogP) is 0.532. The number of hydrogen-bond donors (Lipinski definition) is 2. The number of nitrogens with zero attached hydrogens (tertiary/aromatic N) is 5. The van der Waals surface area contributed by atoms with Crippen LogP contribution in [0.15, 0.2) is 28.5 Å². The van der Waals surface area contributed by atoms with Gasteiger partial charge in [0.1, 0.15) is 0 Å². The molecule has 0 spiro atoms. The van der Waals surface area contributed by atoms with E-state index in [1.165, 1.54) is 29.6 Å².